The van der Waals surface area contributed by atoms with E-state index in [1.54, 1.807) is 17.1 Å². The van der Waals surface area contributed by atoms with Crippen LogP contribution in [-0.2, 0) is 11.3 Å². The summed E-state index contributed by atoms with van der Waals surface area (Å²) in [6.45, 7) is 5.59. The molecule has 1 amide bonds. The number of morpholine rings is 1. The number of carbonyl (C=O) groups is 1. The predicted molar refractivity (Wildman–Crippen MR) is 87.4 cm³/mol. The third kappa shape index (κ3) is 4.64. The molecule has 1 aliphatic heterocycles. The van der Waals surface area contributed by atoms with Gasteiger partial charge >= 0.3 is 0 Å². The third-order valence-electron chi connectivity index (χ3n) is 3.90. The summed E-state index contributed by atoms with van der Waals surface area (Å²) in [7, 11) is 0. The van der Waals surface area contributed by atoms with Crippen LogP contribution < -0.4 is 5.32 Å². The number of nitrogens with one attached hydrogen (secondary N) is 1. The SMILES string of the molecule is O=C(NCCN1CCOCC1)c1cnn(Cc2ccccc2)c1. The minimum absolute atomic E-state index is 0.0717. The highest BCUT2D eigenvalue weighted by Gasteiger charge is 2.12. The summed E-state index contributed by atoms with van der Waals surface area (Å²) >= 11 is 0. The minimum atomic E-state index is -0.0717. The average Bonchev–Trinajstić information content (AvgIpc) is 3.05. The van der Waals surface area contributed by atoms with E-state index < -0.39 is 0 Å². The Morgan fingerprint density at radius 3 is 2.78 bits per heavy atom. The van der Waals surface area contributed by atoms with Gasteiger partial charge in [0.1, 0.15) is 0 Å². The van der Waals surface area contributed by atoms with E-state index in [1.807, 2.05) is 30.3 Å². The van der Waals surface area contributed by atoms with Crippen LogP contribution in [-0.4, -0.2) is 60.0 Å². The molecule has 0 unspecified atom stereocenters. The van der Waals surface area contributed by atoms with Gasteiger partial charge in [-0.3, -0.25) is 14.4 Å². The van der Waals surface area contributed by atoms with Gasteiger partial charge in [0.25, 0.3) is 5.91 Å². The van der Waals surface area contributed by atoms with Gasteiger partial charge in [0.05, 0.1) is 31.5 Å². The van der Waals surface area contributed by atoms with Gasteiger partial charge in [0, 0.05) is 32.4 Å². The topological polar surface area (TPSA) is 59.4 Å². The zero-order chi connectivity index (χ0) is 15.9. The van der Waals surface area contributed by atoms with Gasteiger partial charge in [-0.05, 0) is 5.56 Å². The molecule has 0 aliphatic carbocycles. The van der Waals surface area contributed by atoms with Crippen LogP contribution in [0.2, 0.25) is 0 Å². The van der Waals surface area contributed by atoms with Gasteiger partial charge in [-0.25, -0.2) is 0 Å². The van der Waals surface area contributed by atoms with Gasteiger partial charge in [-0.1, -0.05) is 30.3 Å². The molecular formula is C17H22N4O2. The average molecular weight is 314 g/mol. The molecule has 122 valence electrons. The summed E-state index contributed by atoms with van der Waals surface area (Å²) in [5.74, 6) is -0.0717. The first-order valence-electron chi connectivity index (χ1n) is 7.96. The first kappa shape index (κ1) is 15.7. The lowest BCUT2D eigenvalue weighted by molar-refractivity contribution is 0.0383. The van der Waals surface area contributed by atoms with Crippen molar-refractivity contribution in [2.75, 3.05) is 39.4 Å². The number of amides is 1. The summed E-state index contributed by atoms with van der Waals surface area (Å²) in [6, 6.07) is 10.1. The fourth-order valence-electron chi connectivity index (χ4n) is 2.59. The molecule has 1 aliphatic rings. The second-order valence-corrected chi connectivity index (χ2v) is 5.62. The van der Waals surface area contributed by atoms with Crippen molar-refractivity contribution in [2.45, 2.75) is 6.54 Å². The zero-order valence-corrected chi connectivity index (χ0v) is 13.1. The second-order valence-electron chi connectivity index (χ2n) is 5.62. The van der Waals surface area contributed by atoms with Crippen LogP contribution in [0.4, 0.5) is 0 Å². The standard InChI is InChI=1S/C17H22N4O2/c22-17(18-6-7-20-8-10-23-11-9-20)16-12-19-21(14-16)13-15-4-2-1-3-5-15/h1-5,12,14H,6-11,13H2,(H,18,22). The zero-order valence-electron chi connectivity index (χ0n) is 13.1. The lowest BCUT2D eigenvalue weighted by Crippen LogP contribution is -2.41. The molecule has 0 atom stereocenters. The smallest absolute Gasteiger partial charge is 0.254 e. The normalized spacial score (nSPS) is 15.5. The second kappa shape index (κ2) is 7.89. The van der Waals surface area contributed by atoms with E-state index in [0.29, 0.717) is 18.7 Å². The Balaban J connectivity index is 1.46. The van der Waals surface area contributed by atoms with Crippen LogP contribution in [0.1, 0.15) is 15.9 Å². The first-order valence-corrected chi connectivity index (χ1v) is 7.96. The Labute approximate surface area is 136 Å². The first-order chi connectivity index (χ1) is 11.3. The molecule has 0 bridgehead atoms. The Morgan fingerprint density at radius 1 is 1.22 bits per heavy atom. The molecule has 0 radical (unpaired) electrons. The molecule has 1 aromatic carbocycles. The lowest BCUT2D eigenvalue weighted by Gasteiger charge is -2.26. The summed E-state index contributed by atoms with van der Waals surface area (Å²) in [5.41, 5.74) is 1.76. The summed E-state index contributed by atoms with van der Waals surface area (Å²) in [5, 5.41) is 7.21. The molecule has 1 fully saturated rings. The van der Waals surface area contributed by atoms with E-state index in [2.05, 4.69) is 15.3 Å². The Bertz CT molecular complexity index is 621. The molecular weight excluding hydrogens is 292 g/mol. The van der Waals surface area contributed by atoms with Crippen molar-refractivity contribution in [1.82, 2.24) is 20.0 Å². The highest BCUT2D eigenvalue weighted by atomic mass is 16.5. The third-order valence-corrected chi connectivity index (χ3v) is 3.90. The van der Waals surface area contributed by atoms with Crippen molar-refractivity contribution < 1.29 is 9.53 Å². The molecule has 6 heteroatoms. The molecule has 1 aromatic heterocycles. The monoisotopic (exact) mass is 314 g/mol. The number of nitrogens with zero attached hydrogens (tertiary/aromatic N) is 3. The molecule has 6 nitrogen and oxygen atoms in total. The van der Waals surface area contributed by atoms with Gasteiger partial charge in [-0.15, -0.1) is 0 Å². The maximum Gasteiger partial charge on any atom is 0.254 e. The van der Waals surface area contributed by atoms with Crippen LogP contribution in [0.3, 0.4) is 0 Å². The molecule has 0 spiro atoms. The Kier molecular flexibility index (Phi) is 5.39. The van der Waals surface area contributed by atoms with Crippen LogP contribution in [0, 0.1) is 0 Å². The number of hydrogen-bond acceptors (Lipinski definition) is 4. The molecule has 0 saturated carbocycles. The maximum atomic E-state index is 12.1. The van der Waals surface area contributed by atoms with Crippen molar-refractivity contribution >= 4 is 5.91 Å². The molecule has 23 heavy (non-hydrogen) atoms. The largest absolute Gasteiger partial charge is 0.379 e. The van der Waals surface area contributed by atoms with Gasteiger partial charge in [0.15, 0.2) is 0 Å². The van der Waals surface area contributed by atoms with Crippen molar-refractivity contribution in [1.29, 1.82) is 0 Å². The number of rotatable bonds is 6. The number of benzene rings is 1. The highest BCUT2D eigenvalue weighted by molar-refractivity contribution is 5.93. The van der Waals surface area contributed by atoms with Crippen molar-refractivity contribution in [3.63, 3.8) is 0 Å². The number of hydrogen-bond donors (Lipinski definition) is 1. The van der Waals surface area contributed by atoms with Gasteiger partial charge in [-0.2, -0.15) is 5.10 Å². The number of carbonyl (C=O) groups excluding carboxylic acids is 1. The number of aromatic nitrogens is 2. The fraction of sp³-hybridized carbons (Fsp3) is 0.412. The Hall–Kier alpha value is -2.18. The quantitative estimate of drug-likeness (QED) is 0.864. The van der Waals surface area contributed by atoms with Crippen molar-refractivity contribution in [2.24, 2.45) is 0 Å². The molecule has 2 heterocycles. The summed E-state index contributed by atoms with van der Waals surface area (Å²) in [4.78, 5) is 14.4. The van der Waals surface area contributed by atoms with E-state index in [0.717, 1.165) is 38.4 Å². The van der Waals surface area contributed by atoms with Gasteiger partial charge < -0.3 is 10.1 Å². The van der Waals surface area contributed by atoms with Crippen LogP contribution in [0.5, 0.6) is 0 Å². The summed E-state index contributed by atoms with van der Waals surface area (Å²) < 4.78 is 7.09. The van der Waals surface area contributed by atoms with E-state index >= 15 is 0 Å². The van der Waals surface area contributed by atoms with E-state index in [4.69, 9.17) is 4.74 Å². The maximum absolute atomic E-state index is 12.1. The molecule has 3 rings (SSSR count). The predicted octanol–water partition coefficient (Wildman–Crippen LogP) is 0.993. The molecule has 2 aromatic rings. The number of ether oxygens (including phenoxy) is 1. The van der Waals surface area contributed by atoms with Crippen LogP contribution in [0.15, 0.2) is 42.7 Å². The fourth-order valence-corrected chi connectivity index (χ4v) is 2.59. The van der Waals surface area contributed by atoms with E-state index in [1.165, 1.54) is 0 Å². The van der Waals surface area contributed by atoms with E-state index in [-0.39, 0.29) is 5.91 Å². The highest BCUT2D eigenvalue weighted by Crippen LogP contribution is 2.04. The Morgan fingerprint density at radius 2 is 2.00 bits per heavy atom. The van der Waals surface area contributed by atoms with Crippen molar-refractivity contribution in [3.8, 4) is 0 Å². The molecule has 1 N–H and O–H groups in total. The lowest BCUT2D eigenvalue weighted by atomic mass is 10.2. The molecule has 1 saturated heterocycles. The van der Waals surface area contributed by atoms with Crippen molar-refractivity contribution in [3.05, 3.63) is 53.9 Å². The van der Waals surface area contributed by atoms with Crippen LogP contribution >= 0.6 is 0 Å². The minimum Gasteiger partial charge on any atom is -0.379 e. The van der Waals surface area contributed by atoms with Crippen LogP contribution in [0.25, 0.3) is 0 Å². The summed E-state index contributed by atoms with van der Waals surface area (Å²) in [6.07, 6.45) is 3.41. The van der Waals surface area contributed by atoms with Gasteiger partial charge in [0.2, 0.25) is 0 Å². The van der Waals surface area contributed by atoms with E-state index in [9.17, 15) is 4.79 Å².